The average molecular weight is 552 g/mol. The van der Waals surface area contributed by atoms with Gasteiger partial charge in [0.2, 0.25) is 5.91 Å². The number of nitrogens with one attached hydrogen (secondary N) is 2. The molecule has 4 aromatic carbocycles. The molecule has 0 saturated heterocycles. The highest BCUT2D eigenvalue weighted by molar-refractivity contribution is 8.04. The van der Waals surface area contributed by atoms with Crippen molar-refractivity contribution in [2.45, 2.75) is 24.7 Å². The van der Waals surface area contributed by atoms with Crippen LogP contribution in [0.1, 0.15) is 17.5 Å². The Kier molecular flexibility index (Phi) is 8.07. The summed E-state index contributed by atoms with van der Waals surface area (Å²) < 4.78 is 13.5. The van der Waals surface area contributed by atoms with Crippen LogP contribution in [0.25, 0.3) is 0 Å². The van der Waals surface area contributed by atoms with Gasteiger partial charge in [-0.15, -0.1) is 0 Å². The lowest BCUT2D eigenvalue weighted by Crippen LogP contribution is -2.32. The zero-order valence-corrected chi connectivity index (χ0v) is 22.5. The summed E-state index contributed by atoms with van der Waals surface area (Å²) in [6, 6.07) is 29.6. The molecule has 0 radical (unpaired) electrons. The lowest BCUT2D eigenvalue weighted by Gasteiger charge is -2.15. The maximum Gasteiger partial charge on any atom is 0.283 e. The lowest BCUT2D eigenvalue weighted by molar-refractivity contribution is -0.120. The Morgan fingerprint density at radius 1 is 0.800 bits per heavy atom. The molecule has 8 heteroatoms. The monoisotopic (exact) mass is 551 g/mol. The van der Waals surface area contributed by atoms with Gasteiger partial charge in [-0.05, 0) is 79.6 Å². The summed E-state index contributed by atoms with van der Waals surface area (Å²) in [5, 5.41) is 5.91. The minimum Gasteiger partial charge on any atom is -0.350 e. The number of hydrogen-bond donors (Lipinski definition) is 2. The maximum absolute atomic E-state index is 13.5. The molecule has 1 heterocycles. The van der Waals surface area contributed by atoms with Gasteiger partial charge in [0.25, 0.3) is 11.8 Å². The molecule has 0 bridgehead atoms. The summed E-state index contributed by atoms with van der Waals surface area (Å²) in [6.45, 7) is 1.92. The molecule has 40 heavy (non-hydrogen) atoms. The Bertz CT molecular complexity index is 1570. The van der Waals surface area contributed by atoms with Gasteiger partial charge in [-0.3, -0.25) is 14.4 Å². The number of carbonyl (C=O) groups is 3. The largest absolute Gasteiger partial charge is 0.350 e. The van der Waals surface area contributed by atoms with Gasteiger partial charge < -0.3 is 10.6 Å². The van der Waals surface area contributed by atoms with Crippen molar-refractivity contribution in [2.24, 2.45) is 0 Å². The van der Waals surface area contributed by atoms with E-state index in [0.717, 1.165) is 27.8 Å². The van der Waals surface area contributed by atoms with Crippen LogP contribution >= 0.6 is 11.8 Å². The second-order valence-electron chi connectivity index (χ2n) is 9.28. The van der Waals surface area contributed by atoms with Crippen LogP contribution in [0.15, 0.2) is 119 Å². The highest BCUT2D eigenvalue weighted by atomic mass is 32.2. The number of amides is 3. The molecule has 0 unspecified atom stereocenters. The molecule has 0 fully saturated rings. The van der Waals surface area contributed by atoms with Gasteiger partial charge >= 0.3 is 0 Å². The Hall–Kier alpha value is -4.69. The van der Waals surface area contributed by atoms with Crippen molar-refractivity contribution in [3.05, 3.63) is 131 Å². The van der Waals surface area contributed by atoms with Crippen LogP contribution in [0.3, 0.4) is 0 Å². The third-order valence-corrected chi connectivity index (χ3v) is 7.38. The normalized spacial score (nSPS) is 13.1. The SMILES string of the molecule is Cc1ccc(N2C(=O)C(Nc3ccc(F)cc3)=C(Sc3ccc(NC(=O)CCc4ccccc4)cc3)C2=O)cc1. The van der Waals surface area contributed by atoms with Crippen LogP contribution in [-0.4, -0.2) is 17.7 Å². The molecular weight excluding hydrogens is 525 g/mol. The molecule has 2 N–H and O–H groups in total. The third-order valence-electron chi connectivity index (χ3n) is 6.29. The zero-order valence-electron chi connectivity index (χ0n) is 21.7. The van der Waals surface area contributed by atoms with Gasteiger partial charge in [-0.1, -0.05) is 59.8 Å². The predicted octanol–water partition coefficient (Wildman–Crippen LogP) is 6.69. The highest BCUT2D eigenvalue weighted by Crippen LogP contribution is 2.38. The number of rotatable bonds is 9. The van der Waals surface area contributed by atoms with Crippen molar-refractivity contribution < 1.29 is 18.8 Å². The van der Waals surface area contributed by atoms with E-state index in [1.807, 2.05) is 49.4 Å². The van der Waals surface area contributed by atoms with E-state index in [0.29, 0.717) is 34.8 Å². The van der Waals surface area contributed by atoms with Crippen LogP contribution in [0, 0.1) is 12.7 Å². The number of benzene rings is 4. The van der Waals surface area contributed by atoms with E-state index in [1.54, 1.807) is 36.4 Å². The first kappa shape index (κ1) is 26.9. The molecule has 200 valence electrons. The Labute approximate surface area is 235 Å². The summed E-state index contributed by atoms with van der Waals surface area (Å²) in [7, 11) is 0. The van der Waals surface area contributed by atoms with E-state index < -0.39 is 17.6 Å². The minimum atomic E-state index is -0.497. The summed E-state index contributed by atoms with van der Waals surface area (Å²) in [5.74, 6) is -1.45. The zero-order chi connectivity index (χ0) is 28.1. The second-order valence-corrected chi connectivity index (χ2v) is 10.4. The molecule has 4 aromatic rings. The first-order valence-corrected chi connectivity index (χ1v) is 13.5. The van der Waals surface area contributed by atoms with Gasteiger partial charge in [0.1, 0.15) is 16.4 Å². The molecule has 1 aliphatic rings. The van der Waals surface area contributed by atoms with E-state index in [9.17, 15) is 18.8 Å². The quantitative estimate of drug-likeness (QED) is 0.227. The molecular formula is C32H26FN3O3S. The van der Waals surface area contributed by atoms with E-state index in [4.69, 9.17) is 0 Å². The van der Waals surface area contributed by atoms with Crippen molar-refractivity contribution in [3.8, 4) is 0 Å². The number of aryl methyl sites for hydroxylation is 2. The Morgan fingerprint density at radius 3 is 2.12 bits per heavy atom. The Balaban J connectivity index is 1.33. The number of halogens is 1. The van der Waals surface area contributed by atoms with Crippen LogP contribution < -0.4 is 15.5 Å². The Morgan fingerprint density at radius 2 is 1.45 bits per heavy atom. The van der Waals surface area contributed by atoms with Crippen molar-refractivity contribution in [2.75, 3.05) is 15.5 Å². The number of nitrogens with zero attached hydrogens (tertiary/aromatic N) is 1. The van der Waals surface area contributed by atoms with Crippen molar-refractivity contribution >= 4 is 46.5 Å². The van der Waals surface area contributed by atoms with Gasteiger partial charge in [0, 0.05) is 22.7 Å². The molecule has 0 atom stereocenters. The third kappa shape index (κ3) is 6.30. The molecule has 0 spiro atoms. The topological polar surface area (TPSA) is 78.5 Å². The fourth-order valence-corrected chi connectivity index (χ4v) is 5.10. The molecule has 0 saturated carbocycles. The van der Waals surface area contributed by atoms with E-state index >= 15 is 0 Å². The number of hydrogen-bond acceptors (Lipinski definition) is 5. The first-order chi connectivity index (χ1) is 19.4. The van der Waals surface area contributed by atoms with Gasteiger partial charge in [-0.25, -0.2) is 9.29 Å². The van der Waals surface area contributed by atoms with Crippen molar-refractivity contribution in [1.29, 1.82) is 0 Å². The summed E-state index contributed by atoms with van der Waals surface area (Å²) in [4.78, 5) is 41.5. The first-order valence-electron chi connectivity index (χ1n) is 12.7. The molecule has 5 rings (SSSR count). The van der Waals surface area contributed by atoms with Crippen molar-refractivity contribution in [3.63, 3.8) is 0 Å². The fraction of sp³-hybridized carbons (Fsp3) is 0.0938. The van der Waals surface area contributed by atoms with Crippen LogP contribution in [0.2, 0.25) is 0 Å². The van der Waals surface area contributed by atoms with E-state index in [-0.39, 0.29) is 16.5 Å². The molecule has 0 aliphatic carbocycles. The van der Waals surface area contributed by atoms with Gasteiger partial charge in [-0.2, -0.15) is 0 Å². The minimum absolute atomic E-state index is 0.0944. The standard InChI is InChI=1S/C32H26FN3O3S/c1-21-7-16-26(17-8-21)36-31(38)29(35-25-12-10-23(33)11-13-25)30(32(36)39)40-27-18-14-24(15-19-27)34-28(37)20-9-22-5-3-2-4-6-22/h2-8,10-19,35H,9,20H2,1H3,(H,34,37). The fourth-order valence-electron chi connectivity index (χ4n) is 4.17. The summed E-state index contributed by atoms with van der Waals surface area (Å²) in [5.41, 5.74) is 3.79. The second kappa shape index (κ2) is 12.0. The van der Waals surface area contributed by atoms with Crippen LogP contribution in [-0.2, 0) is 20.8 Å². The number of thioether (sulfide) groups is 1. The predicted molar refractivity (Wildman–Crippen MR) is 156 cm³/mol. The maximum atomic E-state index is 13.5. The van der Waals surface area contributed by atoms with Crippen LogP contribution in [0.5, 0.6) is 0 Å². The van der Waals surface area contributed by atoms with Crippen LogP contribution in [0.4, 0.5) is 21.5 Å². The smallest absolute Gasteiger partial charge is 0.283 e. The van der Waals surface area contributed by atoms with Crippen molar-refractivity contribution in [1.82, 2.24) is 0 Å². The van der Waals surface area contributed by atoms with E-state index in [2.05, 4.69) is 10.6 Å². The molecule has 3 amide bonds. The summed E-state index contributed by atoms with van der Waals surface area (Å²) in [6.07, 6.45) is 1.00. The highest BCUT2D eigenvalue weighted by Gasteiger charge is 2.40. The number of carbonyl (C=O) groups excluding carboxylic acids is 3. The average Bonchev–Trinajstić information content (AvgIpc) is 3.19. The molecule has 0 aromatic heterocycles. The lowest BCUT2D eigenvalue weighted by atomic mass is 10.1. The summed E-state index contributed by atoms with van der Waals surface area (Å²) >= 11 is 1.15. The van der Waals surface area contributed by atoms with Gasteiger partial charge in [0.15, 0.2) is 0 Å². The number of imide groups is 1. The van der Waals surface area contributed by atoms with Gasteiger partial charge in [0.05, 0.1) is 5.69 Å². The molecule has 6 nitrogen and oxygen atoms in total. The number of anilines is 3. The van der Waals surface area contributed by atoms with E-state index in [1.165, 1.54) is 24.3 Å². The molecule has 1 aliphatic heterocycles.